The highest BCUT2D eigenvalue weighted by Crippen LogP contribution is 2.33. The number of rotatable bonds is 7. The van der Waals surface area contributed by atoms with Crippen LogP contribution in [-0.2, 0) is 12.8 Å². The summed E-state index contributed by atoms with van der Waals surface area (Å²) in [5.41, 5.74) is 3.87. The van der Waals surface area contributed by atoms with Gasteiger partial charge in [0, 0.05) is 11.6 Å². The fourth-order valence-electron chi connectivity index (χ4n) is 3.66. The van der Waals surface area contributed by atoms with Crippen molar-refractivity contribution in [2.75, 3.05) is 13.9 Å². The number of aryl methyl sites for hydroxylation is 1. The molecule has 154 valence electrons. The lowest BCUT2D eigenvalue weighted by molar-refractivity contribution is 0.0936. The summed E-state index contributed by atoms with van der Waals surface area (Å²) in [5, 5.41) is 3.23. The number of benzene rings is 3. The molecule has 0 aromatic heterocycles. The summed E-state index contributed by atoms with van der Waals surface area (Å²) in [6.45, 7) is 2.20. The first-order valence-electron chi connectivity index (χ1n) is 10.0. The summed E-state index contributed by atoms with van der Waals surface area (Å²) in [7, 11) is 1.65. The monoisotopic (exact) mass is 403 g/mol. The minimum Gasteiger partial charge on any atom is -0.497 e. The van der Waals surface area contributed by atoms with Gasteiger partial charge in [0.15, 0.2) is 11.5 Å². The van der Waals surface area contributed by atoms with Crippen molar-refractivity contribution in [3.8, 4) is 17.2 Å². The van der Waals surface area contributed by atoms with Crippen LogP contribution in [0.15, 0.2) is 66.7 Å². The van der Waals surface area contributed by atoms with Crippen molar-refractivity contribution in [1.82, 2.24) is 5.32 Å². The van der Waals surface area contributed by atoms with E-state index in [1.807, 2.05) is 73.7 Å². The number of hydrogen-bond acceptors (Lipinski definition) is 4. The molecule has 0 fully saturated rings. The Morgan fingerprint density at radius 1 is 0.967 bits per heavy atom. The second kappa shape index (κ2) is 8.91. The summed E-state index contributed by atoms with van der Waals surface area (Å²) in [6, 6.07) is 21.4. The highest BCUT2D eigenvalue weighted by molar-refractivity contribution is 5.95. The van der Waals surface area contributed by atoms with Gasteiger partial charge in [0.1, 0.15) is 5.75 Å². The Kier molecular flexibility index (Phi) is 5.89. The molecular weight excluding hydrogens is 378 g/mol. The number of amides is 1. The molecule has 1 aliphatic rings. The number of carbonyl (C=O) groups is 1. The molecule has 30 heavy (non-hydrogen) atoms. The van der Waals surface area contributed by atoms with E-state index in [1.165, 1.54) is 0 Å². The Morgan fingerprint density at radius 3 is 2.43 bits per heavy atom. The third-order valence-corrected chi connectivity index (χ3v) is 5.29. The molecule has 1 atom stereocenters. The van der Waals surface area contributed by atoms with Gasteiger partial charge >= 0.3 is 0 Å². The summed E-state index contributed by atoms with van der Waals surface area (Å²) in [5.74, 6) is 2.26. The first-order valence-corrected chi connectivity index (χ1v) is 10.0. The predicted molar refractivity (Wildman–Crippen MR) is 115 cm³/mol. The number of carbonyl (C=O) groups excluding carboxylic acids is 1. The van der Waals surface area contributed by atoms with Crippen molar-refractivity contribution in [1.29, 1.82) is 0 Å². The zero-order valence-corrected chi connectivity index (χ0v) is 17.2. The largest absolute Gasteiger partial charge is 0.497 e. The molecular formula is C25H25NO4. The van der Waals surface area contributed by atoms with E-state index in [1.54, 1.807) is 7.11 Å². The average molecular weight is 403 g/mol. The van der Waals surface area contributed by atoms with Crippen LogP contribution < -0.4 is 19.5 Å². The standard InChI is InChI=1S/C25H25NO4/c1-17-5-3-4-6-22(17)25(27)26-20(13-18-7-10-21(28-2)11-8-18)14-19-9-12-23-24(15-19)30-16-29-23/h3-12,15,20H,13-14,16H2,1-2H3,(H,26,27)/t20-/m0/s1. The molecule has 0 unspecified atom stereocenters. The molecule has 3 aromatic carbocycles. The second-order valence-electron chi connectivity index (χ2n) is 7.43. The summed E-state index contributed by atoms with van der Waals surface area (Å²) in [4.78, 5) is 13.0. The van der Waals surface area contributed by atoms with Gasteiger partial charge in [-0.15, -0.1) is 0 Å². The highest BCUT2D eigenvalue weighted by atomic mass is 16.7. The van der Waals surface area contributed by atoms with Gasteiger partial charge in [0.25, 0.3) is 5.91 Å². The van der Waals surface area contributed by atoms with Crippen molar-refractivity contribution in [2.24, 2.45) is 0 Å². The number of ether oxygens (including phenoxy) is 3. The fourth-order valence-corrected chi connectivity index (χ4v) is 3.66. The number of fused-ring (bicyclic) bond motifs is 1. The van der Waals surface area contributed by atoms with Gasteiger partial charge in [0.05, 0.1) is 7.11 Å². The van der Waals surface area contributed by atoms with Crippen LogP contribution in [-0.4, -0.2) is 25.9 Å². The smallest absolute Gasteiger partial charge is 0.251 e. The molecule has 3 aromatic rings. The molecule has 0 saturated carbocycles. The van der Waals surface area contributed by atoms with Crippen molar-refractivity contribution in [3.05, 3.63) is 89.0 Å². The Bertz CT molecular complexity index is 1030. The molecule has 0 aliphatic carbocycles. The van der Waals surface area contributed by atoms with Gasteiger partial charge in [-0.05, 0) is 66.8 Å². The van der Waals surface area contributed by atoms with Gasteiger partial charge in [-0.2, -0.15) is 0 Å². The Balaban J connectivity index is 1.55. The molecule has 0 spiro atoms. The van der Waals surface area contributed by atoms with Crippen LogP contribution in [0, 0.1) is 6.92 Å². The lowest BCUT2D eigenvalue weighted by Gasteiger charge is -2.20. The Hall–Kier alpha value is -3.47. The minimum atomic E-state index is -0.0779. The van der Waals surface area contributed by atoms with Gasteiger partial charge < -0.3 is 19.5 Å². The van der Waals surface area contributed by atoms with Crippen LogP contribution in [0.4, 0.5) is 0 Å². The fraction of sp³-hybridized carbons (Fsp3) is 0.240. The van der Waals surface area contributed by atoms with Crippen molar-refractivity contribution < 1.29 is 19.0 Å². The first kappa shape index (κ1) is 19.8. The predicted octanol–water partition coefficient (Wildman–Crippen LogP) is 4.32. The molecule has 5 heteroatoms. The van der Waals surface area contributed by atoms with E-state index in [9.17, 15) is 4.79 Å². The maximum atomic E-state index is 13.0. The van der Waals surface area contributed by atoms with Crippen molar-refractivity contribution in [3.63, 3.8) is 0 Å². The van der Waals surface area contributed by atoms with Crippen molar-refractivity contribution in [2.45, 2.75) is 25.8 Å². The maximum absolute atomic E-state index is 13.0. The lowest BCUT2D eigenvalue weighted by atomic mass is 9.97. The van der Waals surface area contributed by atoms with Gasteiger partial charge in [-0.1, -0.05) is 36.4 Å². The van der Waals surface area contributed by atoms with E-state index in [-0.39, 0.29) is 18.7 Å². The molecule has 1 heterocycles. The number of hydrogen-bond donors (Lipinski definition) is 1. The van der Waals surface area contributed by atoms with Crippen LogP contribution in [0.1, 0.15) is 27.0 Å². The first-order chi connectivity index (χ1) is 14.6. The molecule has 1 N–H and O–H groups in total. The van der Waals surface area contributed by atoms with Crippen LogP contribution in [0.2, 0.25) is 0 Å². The SMILES string of the molecule is COc1ccc(C[C@@H](Cc2ccc3c(c2)OCO3)NC(=O)c2ccccc2C)cc1. The highest BCUT2D eigenvalue weighted by Gasteiger charge is 2.19. The average Bonchev–Trinajstić information content (AvgIpc) is 3.22. The molecule has 5 nitrogen and oxygen atoms in total. The quantitative estimate of drug-likeness (QED) is 0.639. The van der Waals surface area contributed by atoms with Crippen LogP contribution in [0.25, 0.3) is 0 Å². The third kappa shape index (κ3) is 4.57. The van der Waals surface area contributed by atoms with Crippen LogP contribution in [0.5, 0.6) is 17.2 Å². The topological polar surface area (TPSA) is 56.8 Å². The van der Waals surface area contributed by atoms with E-state index in [2.05, 4.69) is 5.32 Å². The molecule has 1 aliphatic heterocycles. The summed E-state index contributed by atoms with van der Waals surface area (Å²) >= 11 is 0. The molecule has 0 saturated heterocycles. The molecule has 0 bridgehead atoms. The third-order valence-electron chi connectivity index (χ3n) is 5.29. The van der Waals surface area contributed by atoms with Gasteiger partial charge in [-0.25, -0.2) is 0 Å². The minimum absolute atomic E-state index is 0.0626. The maximum Gasteiger partial charge on any atom is 0.251 e. The Labute approximate surface area is 176 Å². The second-order valence-corrected chi connectivity index (χ2v) is 7.43. The van der Waals surface area contributed by atoms with E-state index < -0.39 is 0 Å². The normalized spacial score (nSPS) is 13.0. The lowest BCUT2D eigenvalue weighted by Crippen LogP contribution is -2.38. The van der Waals surface area contributed by atoms with Crippen LogP contribution in [0.3, 0.4) is 0 Å². The zero-order valence-electron chi connectivity index (χ0n) is 17.2. The van der Waals surface area contributed by atoms with E-state index in [0.717, 1.165) is 33.9 Å². The molecule has 0 radical (unpaired) electrons. The number of nitrogens with one attached hydrogen (secondary N) is 1. The summed E-state index contributed by atoms with van der Waals surface area (Å²) < 4.78 is 16.2. The van der Waals surface area contributed by atoms with Gasteiger partial charge in [-0.3, -0.25) is 4.79 Å². The van der Waals surface area contributed by atoms with E-state index in [4.69, 9.17) is 14.2 Å². The molecule has 1 amide bonds. The van der Waals surface area contributed by atoms with Gasteiger partial charge in [0.2, 0.25) is 6.79 Å². The van der Waals surface area contributed by atoms with E-state index >= 15 is 0 Å². The molecule has 4 rings (SSSR count). The zero-order chi connectivity index (χ0) is 20.9. The Morgan fingerprint density at radius 2 is 1.67 bits per heavy atom. The summed E-state index contributed by atoms with van der Waals surface area (Å²) in [6.07, 6.45) is 1.39. The number of methoxy groups -OCH3 is 1. The van der Waals surface area contributed by atoms with E-state index in [0.29, 0.717) is 18.4 Å². The van der Waals surface area contributed by atoms with Crippen molar-refractivity contribution >= 4 is 5.91 Å². The van der Waals surface area contributed by atoms with Crippen LogP contribution >= 0.6 is 0 Å².